The van der Waals surface area contributed by atoms with Gasteiger partial charge in [0.15, 0.2) is 0 Å². The Balaban J connectivity index is 1.96. The van der Waals surface area contributed by atoms with Gasteiger partial charge < -0.3 is 10.6 Å². The average Bonchev–Trinajstić information content (AvgIpc) is 2.29. The molecular formula is C13H17FN2O. The number of anilines is 1. The first-order valence-electron chi connectivity index (χ1n) is 5.95. The average molecular weight is 236 g/mol. The number of amides is 1. The van der Waals surface area contributed by atoms with Crippen molar-refractivity contribution in [1.29, 1.82) is 0 Å². The minimum atomic E-state index is -0.340. The van der Waals surface area contributed by atoms with E-state index in [9.17, 15) is 9.18 Å². The van der Waals surface area contributed by atoms with Crippen LogP contribution in [0, 0.1) is 11.7 Å². The first-order chi connectivity index (χ1) is 8.15. The van der Waals surface area contributed by atoms with Crippen molar-refractivity contribution in [3.8, 4) is 0 Å². The zero-order chi connectivity index (χ0) is 12.3. The largest absolute Gasteiger partial charge is 0.325 e. The van der Waals surface area contributed by atoms with Crippen LogP contribution in [0.3, 0.4) is 0 Å². The maximum atomic E-state index is 13.0. The molecule has 2 unspecified atom stereocenters. The van der Waals surface area contributed by atoms with E-state index in [2.05, 4.69) is 17.6 Å². The number of halogens is 1. The molecule has 17 heavy (non-hydrogen) atoms. The lowest BCUT2D eigenvalue weighted by molar-refractivity contribution is -0.119. The third-order valence-corrected chi connectivity index (χ3v) is 3.07. The van der Waals surface area contributed by atoms with Gasteiger partial charge in [-0.15, -0.1) is 0 Å². The quantitative estimate of drug-likeness (QED) is 0.826. The molecule has 3 nitrogen and oxygen atoms in total. The molecule has 1 aromatic carbocycles. The summed E-state index contributed by atoms with van der Waals surface area (Å²) in [4.78, 5) is 11.9. The van der Waals surface area contributed by atoms with Crippen LogP contribution in [0.4, 0.5) is 10.1 Å². The second kappa shape index (κ2) is 5.27. The van der Waals surface area contributed by atoms with Gasteiger partial charge in [-0.05, 0) is 43.5 Å². The van der Waals surface area contributed by atoms with Gasteiger partial charge in [0.05, 0.1) is 6.04 Å². The van der Waals surface area contributed by atoms with Crippen LogP contribution in [0.2, 0.25) is 0 Å². The summed E-state index contributed by atoms with van der Waals surface area (Å²) in [7, 11) is 0. The van der Waals surface area contributed by atoms with E-state index >= 15 is 0 Å². The molecule has 1 aliphatic heterocycles. The minimum absolute atomic E-state index is 0.0813. The van der Waals surface area contributed by atoms with E-state index in [1.54, 1.807) is 12.1 Å². The number of rotatable bonds is 2. The minimum Gasteiger partial charge on any atom is -0.325 e. The van der Waals surface area contributed by atoms with Crippen molar-refractivity contribution < 1.29 is 9.18 Å². The smallest absolute Gasteiger partial charge is 0.241 e. The molecule has 1 aliphatic rings. The maximum absolute atomic E-state index is 13.0. The molecule has 4 heteroatoms. The van der Waals surface area contributed by atoms with Crippen LogP contribution in [0.1, 0.15) is 19.8 Å². The van der Waals surface area contributed by atoms with Gasteiger partial charge in [-0.25, -0.2) is 4.39 Å². The highest BCUT2D eigenvalue weighted by molar-refractivity contribution is 5.94. The molecule has 0 aliphatic carbocycles. The maximum Gasteiger partial charge on any atom is 0.241 e. The normalized spacial score (nSPS) is 24.4. The molecule has 0 radical (unpaired) electrons. The summed E-state index contributed by atoms with van der Waals surface area (Å²) in [5.74, 6) is 0.134. The van der Waals surface area contributed by atoms with Crippen molar-refractivity contribution in [3.63, 3.8) is 0 Å². The predicted octanol–water partition coefficient (Wildman–Crippen LogP) is 2.15. The molecule has 1 saturated heterocycles. The van der Waals surface area contributed by atoms with Gasteiger partial charge in [-0.1, -0.05) is 13.0 Å². The lowest BCUT2D eigenvalue weighted by Crippen LogP contribution is -2.45. The fraction of sp³-hybridized carbons (Fsp3) is 0.462. The predicted molar refractivity (Wildman–Crippen MR) is 65.2 cm³/mol. The number of piperidine rings is 1. The lowest BCUT2D eigenvalue weighted by atomic mass is 9.94. The molecule has 1 heterocycles. The second-order valence-electron chi connectivity index (χ2n) is 4.64. The van der Waals surface area contributed by atoms with Crippen molar-refractivity contribution in [1.82, 2.24) is 5.32 Å². The summed E-state index contributed by atoms with van der Waals surface area (Å²) in [5.41, 5.74) is 0.509. The highest BCUT2D eigenvalue weighted by Crippen LogP contribution is 2.17. The summed E-state index contributed by atoms with van der Waals surface area (Å²) >= 11 is 0. The van der Waals surface area contributed by atoms with Gasteiger partial charge in [0.1, 0.15) is 5.82 Å². The molecule has 0 spiro atoms. The van der Waals surface area contributed by atoms with Crippen LogP contribution in [-0.2, 0) is 4.79 Å². The SMILES string of the molecule is CC1CCNC(C(=O)Nc2cccc(F)c2)C1. The van der Waals surface area contributed by atoms with Gasteiger partial charge in [-0.2, -0.15) is 0 Å². The van der Waals surface area contributed by atoms with Crippen LogP contribution in [0.15, 0.2) is 24.3 Å². The van der Waals surface area contributed by atoms with Crippen LogP contribution >= 0.6 is 0 Å². The zero-order valence-electron chi connectivity index (χ0n) is 9.87. The van der Waals surface area contributed by atoms with E-state index in [0.29, 0.717) is 11.6 Å². The fourth-order valence-electron chi connectivity index (χ4n) is 2.10. The summed E-state index contributed by atoms with van der Waals surface area (Å²) in [6, 6.07) is 5.79. The van der Waals surface area contributed by atoms with Crippen LogP contribution < -0.4 is 10.6 Å². The molecule has 2 atom stereocenters. The Bertz CT molecular complexity index is 408. The van der Waals surface area contributed by atoms with Crippen molar-refractivity contribution in [3.05, 3.63) is 30.1 Å². The summed E-state index contributed by atoms with van der Waals surface area (Å²) in [6.07, 6.45) is 1.94. The second-order valence-corrected chi connectivity index (χ2v) is 4.64. The van der Waals surface area contributed by atoms with Gasteiger partial charge >= 0.3 is 0 Å². The van der Waals surface area contributed by atoms with Crippen molar-refractivity contribution in [2.24, 2.45) is 5.92 Å². The van der Waals surface area contributed by atoms with Crippen LogP contribution in [0.5, 0.6) is 0 Å². The number of hydrogen-bond acceptors (Lipinski definition) is 2. The first-order valence-corrected chi connectivity index (χ1v) is 5.95. The summed E-state index contributed by atoms with van der Waals surface area (Å²) < 4.78 is 13.0. The molecule has 92 valence electrons. The molecule has 0 saturated carbocycles. The van der Waals surface area contributed by atoms with E-state index in [0.717, 1.165) is 19.4 Å². The highest BCUT2D eigenvalue weighted by Gasteiger charge is 2.24. The molecule has 0 bridgehead atoms. The van der Waals surface area contributed by atoms with Crippen molar-refractivity contribution in [2.75, 3.05) is 11.9 Å². The van der Waals surface area contributed by atoms with Gasteiger partial charge in [0.25, 0.3) is 0 Å². The van der Waals surface area contributed by atoms with Gasteiger partial charge in [0, 0.05) is 5.69 Å². The van der Waals surface area contributed by atoms with Crippen LogP contribution in [-0.4, -0.2) is 18.5 Å². The van der Waals surface area contributed by atoms with Crippen LogP contribution in [0.25, 0.3) is 0 Å². The van der Waals surface area contributed by atoms with Gasteiger partial charge in [-0.3, -0.25) is 4.79 Å². The lowest BCUT2D eigenvalue weighted by Gasteiger charge is -2.27. The molecule has 1 amide bonds. The number of carbonyl (C=O) groups excluding carboxylic acids is 1. The molecular weight excluding hydrogens is 219 g/mol. The Morgan fingerprint density at radius 2 is 2.35 bits per heavy atom. The van der Waals surface area contributed by atoms with Gasteiger partial charge in [0.2, 0.25) is 5.91 Å². The van der Waals surface area contributed by atoms with Crippen molar-refractivity contribution >= 4 is 11.6 Å². The van der Waals surface area contributed by atoms with Crippen molar-refractivity contribution in [2.45, 2.75) is 25.8 Å². The third kappa shape index (κ3) is 3.27. The molecule has 0 aromatic heterocycles. The van der Waals surface area contributed by atoms with E-state index in [1.807, 2.05) is 0 Å². The molecule has 1 fully saturated rings. The van der Waals surface area contributed by atoms with E-state index < -0.39 is 0 Å². The summed E-state index contributed by atoms with van der Waals surface area (Å²) in [5, 5.41) is 5.91. The first kappa shape index (κ1) is 12.0. The standard InChI is InChI=1S/C13H17FN2O/c1-9-5-6-15-12(7-9)13(17)16-11-4-2-3-10(14)8-11/h2-4,8-9,12,15H,5-7H2,1H3,(H,16,17). The third-order valence-electron chi connectivity index (χ3n) is 3.07. The summed E-state index contributed by atoms with van der Waals surface area (Å²) in [6.45, 7) is 3.01. The fourth-order valence-corrected chi connectivity index (χ4v) is 2.10. The topological polar surface area (TPSA) is 41.1 Å². The Hall–Kier alpha value is -1.42. The zero-order valence-corrected chi connectivity index (χ0v) is 9.87. The molecule has 1 aromatic rings. The Morgan fingerprint density at radius 3 is 3.06 bits per heavy atom. The Kier molecular flexibility index (Phi) is 3.74. The highest BCUT2D eigenvalue weighted by atomic mass is 19.1. The molecule has 2 rings (SSSR count). The Morgan fingerprint density at radius 1 is 1.53 bits per heavy atom. The Labute approximate surface area is 100 Å². The van der Waals surface area contributed by atoms with E-state index in [4.69, 9.17) is 0 Å². The number of benzene rings is 1. The van der Waals surface area contributed by atoms with E-state index in [-0.39, 0.29) is 17.8 Å². The molecule has 2 N–H and O–H groups in total. The number of hydrogen-bond donors (Lipinski definition) is 2. The number of nitrogens with one attached hydrogen (secondary N) is 2. The monoisotopic (exact) mass is 236 g/mol. The van der Waals surface area contributed by atoms with E-state index in [1.165, 1.54) is 12.1 Å². The number of carbonyl (C=O) groups is 1.